The van der Waals surface area contributed by atoms with Crippen LogP contribution in [0, 0.1) is 5.92 Å². The highest BCUT2D eigenvalue weighted by Gasteiger charge is 2.08. The maximum Gasteiger partial charge on any atom is 0.219 e. The first-order chi connectivity index (χ1) is 9.02. The topological polar surface area (TPSA) is 76.9 Å². The Hall–Kier alpha value is -1.72. The molecule has 0 radical (unpaired) electrons. The molecule has 0 saturated carbocycles. The number of ketones is 1. The SMILES string of the molecule is CCC(=O)NCCc1cn(CCC(=O)C(C)C)nn1.[HH]. The summed E-state index contributed by atoms with van der Waals surface area (Å²) in [4.78, 5) is 22.6. The first kappa shape index (κ1) is 15.3. The van der Waals surface area contributed by atoms with Gasteiger partial charge in [0.15, 0.2) is 0 Å². The first-order valence-electron chi connectivity index (χ1n) is 6.71. The van der Waals surface area contributed by atoms with Crippen LogP contribution in [0.4, 0.5) is 0 Å². The van der Waals surface area contributed by atoms with Gasteiger partial charge in [-0.25, -0.2) is 0 Å². The smallest absolute Gasteiger partial charge is 0.219 e. The molecule has 1 N–H and O–H groups in total. The molecule has 6 heteroatoms. The monoisotopic (exact) mass is 268 g/mol. The number of nitrogens with one attached hydrogen (secondary N) is 1. The molecule has 1 aromatic heterocycles. The molecule has 1 amide bonds. The summed E-state index contributed by atoms with van der Waals surface area (Å²) in [6.45, 7) is 6.73. The summed E-state index contributed by atoms with van der Waals surface area (Å²) in [6.07, 6.45) is 3.45. The third-order valence-corrected chi connectivity index (χ3v) is 2.84. The second kappa shape index (κ2) is 7.66. The minimum absolute atomic E-state index is 0. The van der Waals surface area contributed by atoms with Crippen LogP contribution in [-0.4, -0.2) is 33.2 Å². The van der Waals surface area contributed by atoms with Gasteiger partial charge in [-0.3, -0.25) is 14.3 Å². The van der Waals surface area contributed by atoms with E-state index in [0.29, 0.717) is 32.4 Å². The average molecular weight is 268 g/mol. The molecule has 0 spiro atoms. The average Bonchev–Trinajstić information content (AvgIpc) is 2.83. The number of rotatable bonds is 8. The van der Waals surface area contributed by atoms with Gasteiger partial charge in [0.25, 0.3) is 0 Å². The minimum Gasteiger partial charge on any atom is -0.356 e. The Morgan fingerprint density at radius 2 is 2.21 bits per heavy atom. The van der Waals surface area contributed by atoms with Gasteiger partial charge < -0.3 is 5.32 Å². The number of Topliss-reactive ketones (excluding diaryl/α,β-unsaturated/α-hetero) is 1. The fraction of sp³-hybridized carbons (Fsp3) is 0.692. The summed E-state index contributed by atoms with van der Waals surface area (Å²) >= 11 is 0. The van der Waals surface area contributed by atoms with Crippen LogP contribution in [0.2, 0.25) is 0 Å². The molecule has 0 aliphatic carbocycles. The van der Waals surface area contributed by atoms with E-state index < -0.39 is 0 Å². The van der Waals surface area contributed by atoms with Crippen molar-refractivity contribution in [2.45, 2.75) is 46.6 Å². The molecule has 19 heavy (non-hydrogen) atoms. The van der Waals surface area contributed by atoms with Gasteiger partial charge in [-0.15, -0.1) is 5.10 Å². The molecule has 0 atom stereocenters. The van der Waals surface area contributed by atoms with E-state index in [-0.39, 0.29) is 19.0 Å². The number of amides is 1. The zero-order valence-corrected chi connectivity index (χ0v) is 11.8. The van der Waals surface area contributed by atoms with Crippen molar-refractivity contribution in [2.24, 2.45) is 5.92 Å². The molecule has 108 valence electrons. The Morgan fingerprint density at radius 1 is 1.47 bits per heavy atom. The molecule has 0 aliphatic heterocycles. The molecule has 0 bridgehead atoms. The van der Waals surface area contributed by atoms with Gasteiger partial charge in [-0.05, 0) is 0 Å². The lowest BCUT2D eigenvalue weighted by atomic mass is 10.1. The third kappa shape index (κ3) is 5.63. The highest BCUT2D eigenvalue weighted by Crippen LogP contribution is 2.01. The quantitative estimate of drug-likeness (QED) is 0.768. The lowest BCUT2D eigenvalue weighted by molar-refractivity contribution is -0.122. The van der Waals surface area contributed by atoms with E-state index >= 15 is 0 Å². The van der Waals surface area contributed by atoms with E-state index in [1.165, 1.54) is 0 Å². The number of aryl methyl sites for hydroxylation is 1. The molecule has 6 nitrogen and oxygen atoms in total. The molecular weight excluding hydrogens is 244 g/mol. The van der Waals surface area contributed by atoms with Gasteiger partial charge >= 0.3 is 0 Å². The van der Waals surface area contributed by atoms with Crippen LogP contribution in [0.15, 0.2) is 6.20 Å². The molecule has 0 aromatic carbocycles. The molecular formula is C13H24N4O2. The zero-order valence-electron chi connectivity index (χ0n) is 11.8. The van der Waals surface area contributed by atoms with E-state index in [9.17, 15) is 9.59 Å². The van der Waals surface area contributed by atoms with Gasteiger partial charge in [0, 0.05) is 45.9 Å². The molecule has 0 fully saturated rings. The van der Waals surface area contributed by atoms with Crippen LogP contribution >= 0.6 is 0 Å². The Balaban J connectivity index is 0.00000361. The van der Waals surface area contributed by atoms with Crippen molar-refractivity contribution in [1.29, 1.82) is 0 Å². The third-order valence-electron chi connectivity index (χ3n) is 2.84. The van der Waals surface area contributed by atoms with Gasteiger partial charge in [-0.1, -0.05) is 26.0 Å². The summed E-state index contributed by atoms with van der Waals surface area (Å²) in [6, 6.07) is 0. The molecule has 1 heterocycles. The van der Waals surface area contributed by atoms with E-state index in [1.54, 1.807) is 4.68 Å². The van der Waals surface area contributed by atoms with Gasteiger partial charge in [0.2, 0.25) is 5.91 Å². The van der Waals surface area contributed by atoms with Crippen molar-refractivity contribution >= 4 is 11.7 Å². The van der Waals surface area contributed by atoms with Gasteiger partial charge in [0.05, 0.1) is 5.69 Å². The van der Waals surface area contributed by atoms with Crippen molar-refractivity contribution in [3.05, 3.63) is 11.9 Å². The predicted octanol–water partition coefficient (Wildman–Crippen LogP) is 1.21. The lowest BCUT2D eigenvalue weighted by Crippen LogP contribution is -2.24. The maximum absolute atomic E-state index is 11.5. The van der Waals surface area contributed by atoms with Crippen LogP contribution in [-0.2, 0) is 22.6 Å². The number of hydrogen-bond donors (Lipinski definition) is 1. The number of nitrogens with zero attached hydrogens (tertiary/aromatic N) is 3. The van der Waals surface area contributed by atoms with Crippen molar-refractivity contribution in [1.82, 2.24) is 20.3 Å². The van der Waals surface area contributed by atoms with Crippen molar-refractivity contribution < 1.29 is 11.0 Å². The number of carbonyl (C=O) groups excluding carboxylic acids is 2. The molecule has 1 aromatic rings. The highest BCUT2D eigenvalue weighted by molar-refractivity contribution is 5.80. The molecule has 0 aliphatic rings. The summed E-state index contributed by atoms with van der Waals surface area (Å²) in [5.74, 6) is 0.328. The zero-order chi connectivity index (χ0) is 14.3. The van der Waals surface area contributed by atoms with Gasteiger partial charge in [0.1, 0.15) is 5.78 Å². The second-order valence-electron chi connectivity index (χ2n) is 4.80. The molecule has 1 rings (SSSR count). The Labute approximate surface area is 115 Å². The summed E-state index contributed by atoms with van der Waals surface area (Å²) in [5, 5.41) is 10.8. The van der Waals surface area contributed by atoms with E-state index in [2.05, 4.69) is 15.6 Å². The summed E-state index contributed by atoms with van der Waals surface area (Å²) < 4.78 is 1.68. The highest BCUT2D eigenvalue weighted by atomic mass is 16.1. The Morgan fingerprint density at radius 3 is 2.84 bits per heavy atom. The number of carbonyl (C=O) groups is 2. The second-order valence-corrected chi connectivity index (χ2v) is 4.80. The van der Waals surface area contributed by atoms with Gasteiger partial charge in [-0.2, -0.15) is 0 Å². The van der Waals surface area contributed by atoms with Crippen molar-refractivity contribution in [3.8, 4) is 0 Å². The normalized spacial score (nSPS) is 10.7. The van der Waals surface area contributed by atoms with Crippen molar-refractivity contribution in [2.75, 3.05) is 6.54 Å². The predicted molar refractivity (Wildman–Crippen MR) is 73.6 cm³/mol. The summed E-state index contributed by atoms with van der Waals surface area (Å²) in [5.41, 5.74) is 0.827. The largest absolute Gasteiger partial charge is 0.356 e. The van der Waals surface area contributed by atoms with Crippen LogP contribution in [0.3, 0.4) is 0 Å². The molecule has 0 unspecified atom stereocenters. The summed E-state index contributed by atoms with van der Waals surface area (Å²) in [7, 11) is 0. The standard InChI is InChI=1S/C13H22N4O2.H2/c1-4-13(19)14-7-5-11-9-17(16-15-11)8-6-12(18)10(2)3;/h9-10H,4-8H2,1-3H3,(H,14,19);1H. The Bertz CT molecular complexity index is 432. The van der Waals surface area contributed by atoms with Crippen molar-refractivity contribution in [3.63, 3.8) is 0 Å². The van der Waals surface area contributed by atoms with E-state index in [4.69, 9.17) is 0 Å². The maximum atomic E-state index is 11.5. The fourth-order valence-electron chi connectivity index (χ4n) is 1.53. The van der Waals surface area contributed by atoms with E-state index in [0.717, 1.165) is 5.69 Å². The fourth-order valence-corrected chi connectivity index (χ4v) is 1.53. The minimum atomic E-state index is 0. The Kier molecular flexibility index (Phi) is 6.18. The van der Waals surface area contributed by atoms with Crippen LogP contribution in [0.25, 0.3) is 0 Å². The molecule has 0 saturated heterocycles. The van der Waals surface area contributed by atoms with Crippen LogP contribution in [0.1, 0.15) is 40.7 Å². The van der Waals surface area contributed by atoms with Crippen LogP contribution in [0.5, 0.6) is 0 Å². The first-order valence-corrected chi connectivity index (χ1v) is 6.71. The van der Waals surface area contributed by atoms with Crippen LogP contribution < -0.4 is 5.32 Å². The lowest BCUT2D eigenvalue weighted by Gasteiger charge is -2.03. The number of hydrogen-bond acceptors (Lipinski definition) is 4. The number of aromatic nitrogens is 3. The van der Waals surface area contributed by atoms with E-state index in [1.807, 2.05) is 27.0 Å².